The summed E-state index contributed by atoms with van der Waals surface area (Å²) in [6.07, 6.45) is -0.683. The van der Waals surface area contributed by atoms with Gasteiger partial charge in [0.25, 0.3) is 5.91 Å². The first-order valence-electron chi connectivity index (χ1n) is 9.51. The van der Waals surface area contributed by atoms with Gasteiger partial charge in [-0.15, -0.1) is 0 Å². The standard InChI is InChI=1S/C22H27N3O6/c1-22(2,3)31-21(28)23-13-19(26)24-15-7-6-8-16(11-15)25-20(27)14-9-17(29-4)12-18(10-14)30-5/h6-12H,13H2,1-5H3,(H,23,28)(H,24,26)(H,25,27). The minimum Gasteiger partial charge on any atom is -0.497 e. The molecule has 0 heterocycles. The van der Waals surface area contributed by atoms with Gasteiger partial charge >= 0.3 is 6.09 Å². The Balaban J connectivity index is 1.98. The minimum atomic E-state index is -0.683. The molecule has 0 radical (unpaired) electrons. The van der Waals surface area contributed by atoms with Crippen LogP contribution in [-0.4, -0.2) is 44.3 Å². The number of carbonyl (C=O) groups is 3. The summed E-state index contributed by atoms with van der Waals surface area (Å²) in [5, 5.41) is 7.79. The van der Waals surface area contributed by atoms with E-state index in [0.717, 1.165) is 0 Å². The number of carbonyl (C=O) groups excluding carboxylic acids is 3. The zero-order valence-electron chi connectivity index (χ0n) is 18.2. The molecule has 0 fully saturated rings. The van der Waals surface area contributed by atoms with E-state index in [-0.39, 0.29) is 12.5 Å². The number of anilines is 2. The third kappa shape index (κ3) is 7.88. The molecule has 0 atom stereocenters. The Morgan fingerprint density at radius 2 is 1.45 bits per heavy atom. The highest BCUT2D eigenvalue weighted by Crippen LogP contribution is 2.23. The molecule has 0 bridgehead atoms. The highest BCUT2D eigenvalue weighted by atomic mass is 16.6. The van der Waals surface area contributed by atoms with E-state index in [0.29, 0.717) is 28.4 Å². The van der Waals surface area contributed by atoms with Crippen molar-refractivity contribution in [3.05, 3.63) is 48.0 Å². The van der Waals surface area contributed by atoms with Crippen LogP contribution in [-0.2, 0) is 9.53 Å². The number of nitrogens with one attached hydrogen (secondary N) is 3. The van der Waals surface area contributed by atoms with Crippen LogP contribution in [0.4, 0.5) is 16.2 Å². The number of benzene rings is 2. The highest BCUT2D eigenvalue weighted by molar-refractivity contribution is 6.05. The average Bonchev–Trinajstić information content (AvgIpc) is 2.70. The van der Waals surface area contributed by atoms with Crippen LogP contribution in [0, 0.1) is 0 Å². The van der Waals surface area contributed by atoms with Crippen molar-refractivity contribution in [3.8, 4) is 11.5 Å². The monoisotopic (exact) mass is 429 g/mol. The maximum atomic E-state index is 12.6. The Labute approximate surface area is 181 Å². The van der Waals surface area contributed by atoms with Gasteiger partial charge < -0.3 is 30.2 Å². The van der Waals surface area contributed by atoms with Gasteiger partial charge in [0.15, 0.2) is 0 Å². The Hall–Kier alpha value is -3.75. The van der Waals surface area contributed by atoms with Crippen LogP contribution in [0.2, 0.25) is 0 Å². The summed E-state index contributed by atoms with van der Waals surface area (Å²) in [7, 11) is 3.00. The van der Waals surface area contributed by atoms with Gasteiger partial charge in [0.1, 0.15) is 23.6 Å². The van der Waals surface area contributed by atoms with Crippen LogP contribution >= 0.6 is 0 Å². The molecular weight excluding hydrogens is 402 g/mol. The van der Waals surface area contributed by atoms with Gasteiger partial charge in [0.2, 0.25) is 5.91 Å². The fraction of sp³-hybridized carbons (Fsp3) is 0.318. The molecule has 9 nitrogen and oxygen atoms in total. The van der Waals surface area contributed by atoms with Crippen molar-refractivity contribution in [3.63, 3.8) is 0 Å². The fourth-order valence-electron chi connectivity index (χ4n) is 2.49. The van der Waals surface area contributed by atoms with E-state index in [1.165, 1.54) is 14.2 Å². The van der Waals surface area contributed by atoms with Crippen molar-refractivity contribution in [2.75, 3.05) is 31.4 Å². The molecule has 3 amide bonds. The van der Waals surface area contributed by atoms with Crippen molar-refractivity contribution in [2.45, 2.75) is 26.4 Å². The fourth-order valence-corrected chi connectivity index (χ4v) is 2.49. The molecule has 0 aliphatic carbocycles. The normalized spacial score (nSPS) is 10.6. The van der Waals surface area contributed by atoms with Crippen LogP contribution in [0.5, 0.6) is 11.5 Å². The topological polar surface area (TPSA) is 115 Å². The van der Waals surface area contributed by atoms with Crippen LogP contribution in [0.25, 0.3) is 0 Å². The minimum absolute atomic E-state index is 0.255. The predicted octanol–water partition coefficient (Wildman–Crippen LogP) is 3.42. The molecule has 0 aliphatic heterocycles. The lowest BCUT2D eigenvalue weighted by molar-refractivity contribution is -0.115. The Bertz CT molecular complexity index is 930. The lowest BCUT2D eigenvalue weighted by Crippen LogP contribution is -2.37. The van der Waals surface area contributed by atoms with Crippen LogP contribution < -0.4 is 25.4 Å². The maximum Gasteiger partial charge on any atom is 0.408 e. The lowest BCUT2D eigenvalue weighted by Gasteiger charge is -2.19. The molecule has 2 rings (SSSR count). The van der Waals surface area contributed by atoms with E-state index < -0.39 is 17.6 Å². The Morgan fingerprint density at radius 3 is 2.00 bits per heavy atom. The van der Waals surface area contributed by atoms with Gasteiger partial charge in [-0.1, -0.05) is 6.07 Å². The SMILES string of the molecule is COc1cc(OC)cc(C(=O)Nc2cccc(NC(=O)CNC(=O)OC(C)(C)C)c2)c1. The summed E-state index contributed by atoms with van der Waals surface area (Å²) in [4.78, 5) is 36.3. The molecule has 9 heteroatoms. The second-order valence-corrected chi connectivity index (χ2v) is 7.54. The summed E-state index contributed by atoms with van der Waals surface area (Å²) < 4.78 is 15.4. The quantitative estimate of drug-likeness (QED) is 0.621. The van der Waals surface area contributed by atoms with Gasteiger partial charge in [0.05, 0.1) is 14.2 Å². The molecule has 0 aliphatic rings. The highest BCUT2D eigenvalue weighted by Gasteiger charge is 2.17. The van der Waals surface area contributed by atoms with Crippen LogP contribution in [0.1, 0.15) is 31.1 Å². The van der Waals surface area contributed by atoms with Gasteiger partial charge in [0, 0.05) is 23.0 Å². The van der Waals surface area contributed by atoms with E-state index in [2.05, 4.69) is 16.0 Å². The first-order valence-corrected chi connectivity index (χ1v) is 9.51. The molecule has 0 spiro atoms. The Morgan fingerprint density at radius 1 is 0.871 bits per heavy atom. The summed E-state index contributed by atoms with van der Waals surface area (Å²) >= 11 is 0. The predicted molar refractivity (Wildman–Crippen MR) is 117 cm³/mol. The number of alkyl carbamates (subject to hydrolysis) is 1. The van der Waals surface area contributed by atoms with Gasteiger partial charge in [-0.05, 0) is 51.1 Å². The third-order valence-corrected chi connectivity index (χ3v) is 3.81. The van der Waals surface area contributed by atoms with E-state index in [9.17, 15) is 14.4 Å². The summed E-state index contributed by atoms with van der Waals surface area (Å²) in [5.74, 6) is 0.171. The number of rotatable bonds is 7. The Kier molecular flexibility index (Phi) is 7.84. The average molecular weight is 429 g/mol. The number of amides is 3. The van der Waals surface area contributed by atoms with E-state index in [1.807, 2.05) is 0 Å². The number of ether oxygens (including phenoxy) is 3. The van der Waals surface area contributed by atoms with Gasteiger partial charge in [-0.2, -0.15) is 0 Å². The molecule has 2 aromatic carbocycles. The molecular formula is C22H27N3O6. The van der Waals surface area contributed by atoms with Crippen LogP contribution in [0.15, 0.2) is 42.5 Å². The first-order chi connectivity index (χ1) is 14.6. The van der Waals surface area contributed by atoms with Crippen molar-refractivity contribution in [2.24, 2.45) is 0 Å². The molecule has 0 unspecified atom stereocenters. The third-order valence-electron chi connectivity index (χ3n) is 3.81. The molecule has 0 saturated carbocycles. The zero-order chi connectivity index (χ0) is 23.0. The van der Waals surface area contributed by atoms with E-state index in [1.54, 1.807) is 63.2 Å². The molecule has 0 saturated heterocycles. The molecule has 166 valence electrons. The summed E-state index contributed by atoms with van der Waals surface area (Å²) in [5.41, 5.74) is 0.633. The van der Waals surface area contributed by atoms with E-state index in [4.69, 9.17) is 14.2 Å². The molecule has 0 aromatic heterocycles. The van der Waals surface area contributed by atoms with E-state index >= 15 is 0 Å². The summed E-state index contributed by atoms with van der Waals surface area (Å²) in [6.45, 7) is 4.94. The van der Waals surface area contributed by atoms with Crippen molar-refractivity contribution >= 4 is 29.3 Å². The second-order valence-electron chi connectivity index (χ2n) is 7.54. The second kappa shape index (κ2) is 10.3. The summed E-state index contributed by atoms with van der Waals surface area (Å²) in [6, 6.07) is 11.5. The van der Waals surface area contributed by atoms with Crippen molar-refractivity contribution in [1.82, 2.24) is 5.32 Å². The van der Waals surface area contributed by atoms with Crippen molar-refractivity contribution in [1.29, 1.82) is 0 Å². The zero-order valence-corrected chi connectivity index (χ0v) is 18.2. The number of hydrogen-bond donors (Lipinski definition) is 3. The smallest absolute Gasteiger partial charge is 0.408 e. The molecule has 2 aromatic rings. The van der Waals surface area contributed by atoms with Gasteiger partial charge in [-0.3, -0.25) is 9.59 Å². The first kappa shape index (κ1) is 23.5. The van der Waals surface area contributed by atoms with Crippen LogP contribution in [0.3, 0.4) is 0 Å². The molecule has 3 N–H and O–H groups in total. The number of hydrogen-bond acceptors (Lipinski definition) is 6. The molecule has 31 heavy (non-hydrogen) atoms. The maximum absolute atomic E-state index is 12.6. The lowest BCUT2D eigenvalue weighted by atomic mass is 10.1. The van der Waals surface area contributed by atoms with Crippen molar-refractivity contribution < 1.29 is 28.6 Å². The number of methoxy groups -OCH3 is 2. The van der Waals surface area contributed by atoms with Gasteiger partial charge in [-0.25, -0.2) is 4.79 Å². The largest absolute Gasteiger partial charge is 0.497 e.